The summed E-state index contributed by atoms with van der Waals surface area (Å²) >= 11 is 0. The number of carbonyl (C=O) groups is 1. The zero-order valence-electron chi connectivity index (χ0n) is 12.5. The molecule has 0 spiro atoms. The van der Waals surface area contributed by atoms with Gasteiger partial charge in [0.2, 0.25) is 0 Å². The van der Waals surface area contributed by atoms with E-state index >= 15 is 0 Å². The second-order valence-corrected chi connectivity index (χ2v) is 6.14. The molecule has 0 saturated carbocycles. The minimum atomic E-state index is 0.142. The van der Waals surface area contributed by atoms with Gasteiger partial charge in [-0.2, -0.15) is 0 Å². The number of aryl methyl sites for hydroxylation is 1. The Morgan fingerprint density at radius 1 is 1.38 bits per heavy atom. The number of anilines is 1. The topological polar surface area (TPSA) is 52.6 Å². The fourth-order valence-electron chi connectivity index (χ4n) is 3.53. The molecule has 0 bridgehead atoms. The highest BCUT2D eigenvalue weighted by Gasteiger charge is 2.26. The maximum absolute atomic E-state index is 12.8. The van der Waals surface area contributed by atoms with Crippen molar-refractivity contribution in [3.05, 3.63) is 29.3 Å². The highest BCUT2D eigenvalue weighted by atomic mass is 16.3. The molecule has 1 amide bonds. The molecule has 1 fully saturated rings. The molecule has 4 nitrogen and oxygen atoms in total. The fraction of sp³-hybridized carbons (Fsp3) is 0.588. The third kappa shape index (κ3) is 3.05. The number of piperidine rings is 1. The van der Waals surface area contributed by atoms with E-state index in [1.807, 2.05) is 17.0 Å². The van der Waals surface area contributed by atoms with Crippen LogP contribution in [-0.2, 0) is 6.42 Å². The van der Waals surface area contributed by atoms with Crippen molar-refractivity contribution in [2.45, 2.75) is 32.1 Å². The van der Waals surface area contributed by atoms with Crippen LogP contribution in [0, 0.1) is 5.92 Å². The lowest BCUT2D eigenvalue weighted by Crippen LogP contribution is -2.40. The molecule has 1 saturated heterocycles. The zero-order chi connectivity index (χ0) is 14.7. The number of para-hydroxylation sites is 1. The Bertz CT molecular complexity index is 514. The minimum Gasteiger partial charge on any atom is -0.396 e. The molecule has 1 aromatic rings. The summed E-state index contributed by atoms with van der Waals surface area (Å²) in [5.74, 6) is 0.587. The van der Waals surface area contributed by atoms with Gasteiger partial charge in [0.1, 0.15) is 0 Å². The van der Waals surface area contributed by atoms with Gasteiger partial charge in [0.25, 0.3) is 5.91 Å². The van der Waals surface area contributed by atoms with Crippen LogP contribution in [-0.4, -0.2) is 42.2 Å². The smallest absolute Gasteiger partial charge is 0.255 e. The molecular formula is C17H24N2O2. The number of carbonyl (C=O) groups excluding carboxylic acids is 1. The third-order valence-electron chi connectivity index (χ3n) is 4.65. The lowest BCUT2D eigenvalue weighted by Gasteiger charge is -2.33. The average molecular weight is 288 g/mol. The van der Waals surface area contributed by atoms with Crippen molar-refractivity contribution in [3.63, 3.8) is 0 Å². The number of aliphatic hydroxyl groups excluding tert-OH is 1. The van der Waals surface area contributed by atoms with Gasteiger partial charge in [-0.1, -0.05) is 12.1 Å². The molecule has 4 heteroatoms. The van der Waals surface area contributed by atoms with Crippen LogP contribution in [0.25, 0.3) is 0 Å². The summed E-state index contributed by atoms with van der Waals surface area (Å²) in [6.45, 7) is 2.78. The van der Waals surface area contributed by atoms with E-state index in [1.54, 1.807) is 0 Å². The first kappa shape index (κ1) is 14.4. The van der Waals surface area contributed by atoms with Crippen LogP contribution in [0.2, 0.25) is 0 Å². The first-order valence-electron chi connectivity index (χ1n) is 8.05. The molecule has 21 heavy (non-hydrogen) atoms. The number of nitrogens with one attached hydrogen (secondary N) is 1. The maximum atomic E-state index is 12.8. The molecule has 2 aliphatic heterocycles. The van der Waals surface area contributed by atoms with E-state index in [1.165, 1.54) is 5.56 Å². The number of likely N-dealkylation sites (tertiary alicyclic amines) is 1. The van der Waals surface area contributed by atoms with Crippen LogP contribution in [0.15, 0.2) is 18.2 Å². The number of rotatable bonds is 3. The van der Waals surface area contributed by atoms with Crippen LogP contribution in [0.1, 0.15) is 41.6 Å². The SMILES string of the molecule is O=C(c1cccc2c1NCCC2)N1CCCC(CCO)C1. The predicted molar refractivity (Wildman–Crippen MR) is 83.6 cm³/mol. The summed E-state index contributed by atoms with van der Waals surface area (Å²) in [5, 5.41) is 12.5. The van der Waals surface area contributed by atoms with Crippen LogP contribution in [0.4, 0.5) is 5.69 Å². The van der Waals surface area contributed by atoms with E-state index in [0.29, 0.717) is 5.92 Å². The van der Waals surface area contributed by atoms with Gasteiger partial charge in [0.15, 0.2) is 0 Å². The molecule has 3 rings (SSSR count). The molecule has 2 heterocycles. The first-order chi connectivity index (χ1) is 10.3. The molecule has 1 atom stereocenters. The predicted octanol–water partition coefficient (Wildman–Crippen LogP) is 2.28. The zero-order valence-corrected chi connectivity index (χ0v) is 12.5. The third-order valence-corrected chi connectivity index (χ3v) is 4.65. The number of aliphatic hydroxyl groups is 1. The largest absolute Gasteiger partial charge is 0.396 e. The Kier molecular flexibility index (Phi) is 4.44. The van der Waals surface area contributed by atoms with Crippen molar-refractivity contribution >= 4 is 11.6 Å². The van der Waals surface area contributed by atoms with E-state index in [0.717, 1.165) is 63.0 Å². The summed E-state index contributed by atoms with van der Waals surface area (Å²) in [4.78, 5) is 14.8. The van der Waals surface area contributed by atoms with Gasteiger partial charge in [-0.3, -0.25) is 4.79 Å². The summed E-state index contributed by atoms with van der Waals surface area (Å²) in [5.41, 5.74) is 3.12. The van der Waals surface area contributed by atoms with Crippen LogP contribution >= 0.6 is 0 Å². The summed E-state index contributed by atoms with van der Waals surface area (Å²) in [6, 6.07) is 6.05. The molecule has 114 valence electrons. The van der Waals surface area contributed by atoms with E-state index in [4.69, 9.17) is 5.11 Å². The fourth-order valence-corrected chi connectivity index (χ4v) is 3.53. The number of benzene rings is 1. The summed E-state index contributed by atoms with van der Waals surface area (Å²) in [6.07, 6.45) is 5.15. The molecular weight excluding hydrogens is 264 g/mol. The van der Waals surface area contributed by atoms with Gasteiger partial charge in [0.05, 0.1) is 11.3 Å². The second kappa shape index (κ2) is 6.48. The number of fused-ring (bicyclic) bond motifs is 1. The van der Waals surface area contributed by atoms with Gasteiger partial charge < -0.3 is 15.3 Å². The monoisotopic (exact) mass is 288 g/mol. The van der Waals surface area contributed by atoms with Crippen molar-refractivity contribution in [3.8, 4) is 0 Å². The quantitative estimate of drug-likeness (QED) is 0.897. The Morgan fingerprint density at radius 3 is 3.14 bits per heavy atom. The van der Waals surface area contributed by atoms with Gasteiger partial charge >= 0.3 is 0 Å². The Morgan fingerprint density at radius 2 is 2.29 bits per heavy atom. The molecule has 2 N–H and O–H groups in total. The number of nitrogens with zero attached hydrogens (tertiary/aromatic N) is 1. The van der Waals surface area contributed by atoms with E-state index in [2.05, 4.69) is 11.4 Å². The molecule has 0 aliphatic carbocycles. The minimum absolute atomic E-state index is 0.142. The second-order valence-electron chi connectivity index (χ2n) is 6.14. The van der Waals surface area contributed by atoms with Crippen LogP contribution in [0.3, 0.4) is 0 Å². The summed E-state index contributed by atoms with van der Waals surface area (Å²) in [7, 11) is 0. The Balaban J connectivity index is 1.79. The standard InChI is InChI=1S/C17H24N2O2/c20-11-8-13-4-3-10-19(12-13)17(21)15-7-1-5-14-6-2-9-18-16(14)15/h1,5,7,13,18,20H,2-4,6,8-12H2. The van der Waals surface area contributed by atoms with Gasteiger partial charge in [-0.25, -0.2) is 0 Å². The normalized spacial score (nSPS) is 21.6. The Hall–Kier alpha value is -1.55. The van der Waals surface area contributed by atoms with E-state index < -0.39 is 0 Å². The van der Waals surface area contributed by atoms with E-state index in [9.17, 15) is 4.79 Å². The molecule has 0 radical (unpaired) electrons. The van der Waals surface area contributed by atoms with Crippen molar-refractivity contribution in [2.75, 3.05) is 31.6 Å². The molecule has 1 unspecified atom stereocenters. The first-order valence-corrected chi connectivity index (χ1v) is 8.05. The van der Waals surface area contributed by atoms with Gasteiger partial charge in [-0.15, -0.1) is 0 Å². The van der Waals surface area contributed by atoms with Gasteiger partial charge in [0, 0.05) is 26.2 Å². The molecule has 1 aromatic carbocycles. The Labute approximate surface area is 126 Å². The number of hydrogen-bond acceptors (Lipinski definition) is 3. The number of amides is 1. The lowest BCUT2D eigenvalue weighted by molar-refractivity contribution is 0.0654. The lowest BCUT2D eigenvalue weighted by atomic mass is 9.93. The average Bonchev–Trinajstić information content (AvgIpc) is 2.54. The molecule has 0 aromatic heterocycles. The van der Waals surface area contributed by atoms with Crippen molar-refractivity contribution in [1.29, 1.82) is 0 Å². The number of hydrogen-bond donors (Lipinski definition) is 2. The van der Waals surface area contributed by atoms with Crippen LogP contribution in [0.5, 0.6) is 0 Å². The van der Waals surface area contributed by atoms with E-state index in [-0.39, 0.29) is 12.5 Å². The summed E-state index contributed by atoms with van der Waals surface area (Å²) < 4.78 is 0. The highest BCUT2D eigenvalue weighted by Crippen LogP contribution is 2.28. The van der Waals surface area contributed by atoms with Crippen molar-refractivity contribution in [1.82, 2.24) is 4.90 Å². The highest BCUT2D eigenvalue weighted by molar-refractivity contribution is 6.00. The van der Waals surface area contributed by atoms with Crippen molar-refractivity contribution < 1.29 is 9.90 Å². The van der Waals surface area contributed by atoms with Crippen LogP contribution < -0.4 is 5.32 Å². The van der Waals surface area contributed by atoms with Crippen molar-refractivity contribution in [2.24, 2.45) is 5.92 Å². The maximum Gasteiger partial charge on any atom is 0.255 e. The molecule has 2 aliphatic rings. The van der Waals surface area contributed by atoms with Gasteiger partial charge in [-0.05, 0) is 49.7 Å².